The summed E-state index contributed by atoms with van der Waals surface area (Å²) in [4.78, 5) is 55.2. The van der Waals surface area contributed by atoms with E-state index in [9.17, 15) is 19.2 Å². The Morgan fingerprint density at radius 2 is 1.58 bits per heavy atom. The van der Waals surface area contributed by atoms with Gasteiger partial charge in [-0.15, -0.1) is 0 Å². The second-order valence-corrected chi connectivity index (χ2v) is 12.6. The Bertz CT molecular complexity index is 1500. The van der Waals surface area contributed by atoms with Crippen LogP contribution in [0.5, 0.6) is 0 Å². The molecule has 242 valence electrons. The number of carbonyl (C=O) groups excluding carboxylic acids is 4. The van der Waals surface area contributed by atoms with Gasteiger partial charge >= 0.3 is 6.09 Å². The fourth-order valence-electron chi connectivity index (χ4n) is 5.29. The summed E-state index contributed by atoms with van der Waals surface area (Å²) in [6.07, 6.45) is 3.28. The van der Waals surface area contributed by atoms with Crippen molar-refractivity contribution < 1.29 is 23.9 Å². The Kier molecular flexibility index (Phi) is 12.5. The molecule has 45 heavy (non-hydrogen) atoms. The minimum Gasteiger partial charge on any atom is -0.444 e. The second-order valence-electron chi connectivity index (χ2n) is 12.6. The van der Waals surface area contributed by atoms with Gasteiger partial charge in [-0.25, -0.2) is 4.79 Å². The lowest BCUT2D eigenvalue weighted by Gasteiger charge is -2.35. The van der Waals surface area contributed by atoms with E-state index in [0.29, 0.717) is 17.7 Å². The van der Waals surface area contributed by atoms with Crippen LogP contribution in [-0.4, -0.2) is 46.9 Å². The number of alkyl carbamates (subject to hydrolysis) is 1. The minimum atomic E-state index is -1.32. The first-order chi connectivity index (χ1) is 21.3. The number of carbonyl (C=O) groups is 4. The van der Waals surface area contributed by atoms with Crippen LogP contribution in [0.1, 0.15) is 89.0 Å². The molecule has 0 saturated heterocycles. The van der Waals surface area contributed by atoms with Gasteiger partial charge in [-0.3, -0.25) is 14.4 Å². The molecule has 0 aliphatic carbocycles. The highest BCUT2D eigenvalue weighted by molar-refractivity contribution is 6.01. The summed E-state index contributed by atoms with van der Waals surface area (Å²) in [6, 6.07) is 16.9. The van der Waals surface area contributed by atoms with E-state index in [2.05, 4.69) is 17.6 Å². The number of hydrogen-bond acceptors (Lipinski definition) is 5. The topological polar surface area (TPSA) is 131 Å². The molecule has 4 N–H and O–H groups in total. The number of fused-ring (bicyclic) bond motifs is 1. The van der Waals surface area contributed by atoms with E-state index in [1.165, 1.54) is 4.90 Å². The number of nitrogens with zero attached hydrogens (tertiary/aromatic N) is 1. The monoisotopic (exact) mass is 616 g/mol. The van der Waals surface area contributed by atoms with Crippen LogP contribution in [0.25, 0.3) is 10.8 Å². The summed E-state index contributed by atoms with van der Waals surface area (Å²) in [5.74, 6) is -1.76. The maximum Gasteiger partial charge on any atom is 0.408 e. The van der Waals surface area contributed by atoms with Crippen molar-refractivity contribution in [3.05, 3.63) is 77.4 Å². The fraction of sp³-hybridized carbons (Fsp3) is 0.444. The van der Waals surface area contributed by atoms with Crippen LogP contribution in [0.15, 0.2) is 60.7 Å². The number of ether oxygens (including phenoxy) is 1. The van der Waals surface area contributed by atoms with Crippen molar-refractivity contribution in [1.29, 1.82) is 0 Å². The SMILES string of the molecule is CCCCCCCN(C(=O)C(CC(N)=O)NC(=O)OC(C)(C)C)C(C(=O)Nc1ccc2ccccc2c1)c1cc(C)ccc1C. The normalized spacial score (nSPS) is 12.7. The van der Waals surface area contributed by atoms with Gasteiger partial charge in [0.2, 0.25) is 11.8 Å². The molecule has 0 radical (unpaired) electrons. The van der Waals surface area contributed by atoms with Gasteiger partial charge in [0.25, 0.3) is 5.91 Å². The summed E-state index contributed by atoms with van der Waals surface area (Å²) < 4.78 is 5.39. The van der Waals surface area contributed by atoms with Crippen LogP contribution in [0.3, 0.4) is 0 Å². The quantitative estimate of drug-likeness (QED) is 0.173. The fourth-order valence-corrected chi connectivity index (χ4v) is 5.29. The predicted molar refractivity (Wildman–Crippen MR) is 179 cm³/mol. The van der Waals surface area contributed by atoms with Crippen molar-refractivity contribution in [2.75, 3.05) is 11.9 Å². The number of primary amides is 1. The van der Waals surface area contributed by atoms with Gasteiger partial charge in [0.1, 0.15) is 17.7 Å². The summed E-state index contributed by atoms with van der Waals surface area (Å²) >= 11 is 0. The van der Waals surface area contributed by atoms with Crippen molar-refractivity contribution in [2.24, 2.45) is 5.73 Å². The van der Waals surface area contributed by atoms with Crippen LogP contribution >= 0.6 is 0 Å². The molecule has 4 amide bonds. The molecule has 0 aromatic heterocycles. The number of benzene rings is 3. The number of nitrogens with one attached hydrogen (secondary N) is 2. The zero-order valence-corrected chi connectivity index (χ0v) is 27.4. The molecule has 3 rings (SSSR count). The zero-order valence-electron chi connectivity index (χ0n) is 27.4. The van der Waals surface area contributed by atoms with Crippen LogP contribution < -0.4 is 16.4 Å². The molecule has 9 heteroatoms. The molecule has 0 spiro atoms. The smallest absolute Gasteiger partial charge is 0.408 e. The Hall–Kier alpha value is -4.40. The highest BCUT2D eigenvalue weighted by Gasteiger charge is 2.37. The van der Waals surface area contributed by atoms with E-state index in [0.717, 1.165) is 47.6 Å². The zero-order chi connectivity index (χ0) is 33.1. The first-order valence-electron chi connectivity index (χ1n) is 15.7. The van der Waals surface area contributed by atoms with Gasteiger partial charge in [0.15, 0.2) is 0 Å². The molecule has 9 nitrogen and oxygen atoms in total. The van der Waals surface area contributed by atoms with E-state index in [1.54, 1.807) is 20.8 Å². The lowest BCUT2D eigenvalue weighted by Crippen LogP contribution is -2.53. The number of rotatable bonds is 14. The molecular weight excluding hydrogens is 568 g/mol. The third-order valence-corrected chi connectivity index (χ3v) is 7.49. The van der Waals surface area contributed by atoms with Crippen molar-refractivity contribution in [3.63, 3.8) is 0 Å². The standard InChI is InChI=1S/C36H48N4O5/c1-7-8-9-10-13-20-40(34(43)30(23-31(37)41)39-35(44)45-36(4,5)6)32(29-21-24(2)16-17-25(29)3)33(42)38-28-19-18-26-14-11-12-15-27(26)22-28/h11-12,14-19,21-22,30,32H,7-10,13,20,23H2,1-6H3,(H2,37,41)(H,38,42)(H,39,44). The van der Waals surface area contributed by atoms with E-state index >= 15 is 0 Å². The third kappa shape index (κ3) is 10.6. The maximum atomic E-state index is 14.4. The first-order valence-corrected chi connectivity index (χ1v) is 15.7. The molecule has 2 atom stereocenters. The van der Waals surface area contributed by atoms with E-state index in [1.807, 2.05) is 74.5 Å². The summed E-state index contributed by atoms with van der Waals surface area (Å²) in [7, 11) is 0. The van der Waals surface area contributed by atoms with Crippen LogP contribution in [-0.2, 0) is 19.1 Å². The molecule has 0 fully saturated rings. The highest BCUT2D eigenvalue weighted by atomic mass is 16.6. The Morgan fingerprint density at radius 3 is 2.24 bits per heavy atom. The van der Waals surface area contributed by atoms with Gasteiger partial charge in [0.05, 0.1) is 6.42 Å². The predicted octanol–water partition coefficient (Wildman–Crippen LogP) is 6.70. The summed E-state index contributed by atoms with van der Waals surface area (Å²) in [6.45, 7) is 11.3. The van der Waals surface area contributed by atoms with Crippen molar-refractivity contribution >= 4 is 40.3 Å². The van der Waals surface area contributed by atoms with Crippen molar-refractivity contribution in [1.82, 2.24) is 10.2 Å². The summed E-state index contributed by atoms with van der Waals surface area (Å²) in [5.41, 5.74) is 7.72. The molecule has 0 bridgehead atoms. The molecule has 3 aromatic rings. The second kappa shape index (κ2) is 16.1. The third-order valence-electron chi connectivity index (χ3n) is 7.49. The molecule has 3 aromatic carbocycles. The van der Waals surface area contributed by atoms with Crippen molar-refractivity contribution in [2.45, 2.75) is 97.8 Å². The highest BCUT2D eigenvalue weighted by Crippen LogP contribution is 2.29. The lowest BCUT2D eigenvalue weighted by atomic mass is 9.95. The maximum absolute atomic E-state index is 14.4. The average molecular weight is 617 g/mol. The van der Waals surface area contributed by atoms with Crippen LogP contribution in [0.4, 0.5) is 10.5 Å². The lowest BCUT2D eigenvalue weighted by molar-refractivity contribution is -0.142. The Balaban J connectivity index is 2.07. The van der Waals surface area contributed by atoms with Gasteiger partial charge < -0.3 is 26.0 Å². The van der Waals surface area contributed by atoms with Crippen LogP contribution in [0.2, 0.25) is 0 Å². The molecule has 2 unspecified atom stereocenters. The number of nitrogens with two attached hydrogens (primary N) is 1. The Morgan fingerprint density at radius 1 is 0.889 bits per heavy atom. The minimum absolute atomic E-state index is 0.233. The number of anilines is 1. The molecular formula is C36H48N4O5. The van der Waals surface area contributed by atoms with Gasteiger partial charge in [0, 0.05) is 12.2 Å². The molecule has 0 aliphatic rings. The van der Waals surface area contributed by atoms with Gasteiger partial charge in [-0.05, 0) is 75.1 Å². The van der Waals surface area contributed by atoms with E-state index in [-0.39, 0.29) is 6.54 Å². The van der Waals surface area contributed by atoms with Gasteiger partial charge in [-0.2, -0.15) is 0 Å². The number of unbranched alkanes of at least 4 members (excludes halogenated alkanes) is 4. The van der Waals surface area contributed by atoms with Crippen LogP contribution in [0, 0.1) is 13.8 Å². The Labute approximate surface area is 266 Å². The molecule has 0 saturated carbocycles. The van der Waals surface area contributed by atoms with E-state index in [4.69, 9.17) is 10.5 Å². The number of aryl methyl sites for hydroxylation is 2. The number of amides is 4. The summed E-state index contributed by atoms with van der Waals surface area (Å²) in [5, 5.41) is 7.59. The first kappa shape index (κ1) is 35.1. The van der Waals surface area contributed by atoms with E-state index < -0.39 is 47.9 Å². The largest absolute Gasteiger partial charge is 0.444 e. The van der Waals surface area contributed by atoms with Crippen molar-refractivity contribution in [3.8, 4) is 0 Å². The average Bonchev–Trinajstić information content (AvgIpc) is 2.96. The molecule has 0 heterocycles. The number of hydrogen-bond donors (Lipinski definition) is 3. The molecule has 0 aliphatic heterocycles. The van der Waals surface area contributed by atoms with Gasteiger partial charge in [-0.1, -0.05) is 86.7 Å².